The zero-order chi connectivity index (χ0) is 12.2. The number of halogens is 1. The SMILES string of the molecule is CS(=O)(=O)Nc1ccc(C#CCN)c(F)c1. The van der Waals surface area contributed by atoms with E-state index in [-0.39, 0.29) is 17.8 Å². The summed E-state index contributed by atoms with van der Waals surface area (Å²) >= 11 is 0. The predicted octanol–water partition coefficient (Wildman–Crippen LogP) is 0.507. The fourth-order valence-electron chi connectivity index (χ4n) is 1.04. The summed E-state index contributed by atoms with van der Waals surface area (Å²) in [4.78, 5) is 0. The standard InChI is InChI=1S/C10H11FN2O2S/c1-16(14,15)13-9-5-4-8(3-2-6-12)10(11)7-9/h4-5,7,13H,6,12H2,1H3. The van der Waals surface area contributed by atoms with Gasteiger partial charge in [-0.3, -0.25) is 4.72 Å². The Morgan fingerprint density at radius 1 is 1.50 bits per heavy atom. The van der Waals surface area contributed by atoms with Crippen LogP contribution >= 0.6 is 0 Å². The van der Waals surface area contributed by atoms with Crippen LogP contribution in [0.3, 0.4) is 0 Å². The van der Waals surface area contributed by atoms with Gasteiger partial charge in [0.15, 0.2) is 0 Å². The van der Waals surface area contributed by atoms with Gasteiger partial charge in [-0.05, 0) is 18.2 Å². The van der Waals surface area contributed by atoms with Gasteiger partial charge in [-0.25, -0.2) is 12.8 Å². The number of hydrogen-bond donors (Lipinski definition) is 2. The molecule has 86 valence electrons. The third-order valence-electron chi connectivity index (χ3n) is 1.60. The second-order valence-corrected chi connectivity index (χ2v) is 4.82. The number of anilines is 1. The summed E-state index contributed by atoms with van der Waals surface area (Å²) in [6, 6.07) is 3.90. The molecule has 0 aliphatic heterocycles. The van der Waals surface area contributed by atoms with Gasteiger partial charge in [0, 0.05) is 0 Å². The van der Waals surface area contributed by atoms with E-state index in [1.165, 1.54) is 12.1 Å². The molecular weight excluding hydrogens is 231 g/mol. The maximum atomic E-state index is 13.4. The largest absolute Gasteiger partial charge is 0.320 e. The highest BCUT2D eigenvalue weighted by atomic mass is 32.2. The third kappa shape index (κ3) is 3.88. The number of sulfonamides is 1. The zero-order valence-electron chi connectivity index (χ0n) is 8.62. The normalized spacial score (nSPS) is 10.4. The minimum Gasteiger partial charge on any atom is -0.320 e. The van der Waals surface area contributed by atoms with Crippen LogP contribution < -0.4 is 10.5 Å². The molecule has 0 fully saturated rings. The first-order valence-corrected chi connectivity index (χ1v) is 6.28. The minimum absolute atomic E-state index is 0.142. The Morgan fingerprint density at radius 3 is 2.69 bits per heavy atom. The van der Waals surface area contributed by atoms with Gasteiger partial charge < -0.3 is 5.73 Å². The van der Waals surface area contributed by atoms with Gasteiger partial charge in [-0.2, -0.15) is 0 Å². The van der Waals surface area contributed by atoms with Crippen molar-refractivity contribution in [1.29, 1.82) is 0 Å². The van der Waals surface area contributed by atoms with Crippen molar-refractivity contribution in [3.63, 3.8) is 0 Å². The first-order valence-electron chi connectivity index (χ1n) is 4.38. The van der Waals surface area contributed by atoms with Crippen molar-refractivity contribution in [2.75, 3.05) is 17.5 Å². The quantitative estimate of drug-likeness (QED) is 0.742. The fourth-order valence-corrected chi connectivity index (χ4v) is 1.60. The van der Waals surface area contributed by atoms with Crippen LogP contribution in [0, 0.1) is 17.7 Å². The third-order valence-corrected chi connectivity index (χ3v) is 2.20. The van der Waals surface area contributed by atoms with E-state index >= 15 is 0 Å². The van der Waals surface area contributed by atoms with Gasteiger partial charge in [-0.1, -0.05) is 11.8 Å². The molecule has 0 amide bonds. The van der Waals surface area contributed by atoms with Crippen molar-refractivity contribution < 1.29 is 12.8 Å². The van der Waals surface area contributed by atoms with Crippen molar-refractivity contribution in [2.24, 2.45) is 5.73 Å². The highest BCUT2D eigenvalue weighted by molar-refractivity contribution is 7.92. The van der Waals surface area contributed by atoms with Gasteiger partial charge in [0.1, 0.15) is 5.82 Å². The number of rotatable bonds is 2. The topological polar surface area (TPSA) is 72.2 Å². The number of benzene rings is 1. The molecule has 0 radical (unpaired) electrons. The van der Waals surface area contributed by atoms with Crippen molar-refractivity contribution in [2.45, 2.75) is 0 Å². The molecule has 0 heterocycles. The van der Waals surface area contributed by atoms with E-state index in [1.807, 2.05) is 0 Å². The number of nitrogens with one attached hydrogen (secondary N) is 1. The van der Waals surface area contributed by atoms with Crippen molar-refractivity contribution >= 4 is 15.7 Å². The highest BCUT2D eigenvalue weighted by Crippen LogP contribution is 2.14. The Hall–Kier alpha value is -1.58. The van der Waals surface area contributed by atoms with Crippen molar-refractivity contribution in [3.8, 4) is 11.8 Å². The van der Waals surface area contributed by atoms with Crippen LogP contribution in [0.5, 0.6) is 0 Å². The van der Waals surface area contributed by atoms with Gasteiger partial charge in [0.2, 0.25) is 10.0 Å². The van der Waals surface area contributed by atoms with Crippen molar-refractivity contribution in [1.82, 2.24) is 0 Å². The Balaban J connectivity index is 3.00. The molecule has 3 N–H and O–H groups in total. The first kappa shape index (κ1) is 12.5. The van der Waals surface area contributed by atoms with E-state index in [1.54, 1.807) is 0 Å². The van der Waals surface area contributed by atoms with Gasteiger partial charge in [-0.15, -0.1) is 0 Å². The van der Waals surface area contributed by atoms with Gasteiger partial charge >= 0.3 is 0 Å². The van der Waals surface area contributed by atoms with E-state index in [9.17, 15) is 12.8 Å². The zero-order valence-corrected chi connectivity index (χ0v) is 9.44. The molecular formula is C10H11FN2O2S. The molecule has 0 bridgehead atoms. The maximum absolute atomic E-state index is 13.4. The van der Waals surface area contributed by atoms with Gasteiger partial charge in [0.05, 0.1) is 24.1 Å². The van der Waals surface area contributed by atoms with E-state index < -0.39 is 15.8 Å². The molecule has 6 heteroatoms. The Morgan fingerprint density at radius 2 is 2.19 bits per heavy atom. The molecule has 0 aliphatic rings. The summed E-state index contributed by atoms with van der Waals surface area (Å²) in [5.74, 6) is 4.46. The van der Waals surface area contributed by atoms with E-state index in [0.29, 0.717) is 0 Å². The fraction of sp³-hybridized carbons (Fsp3) is 0.200. The molecule has 1 aromatic rings. The van der Waals surface area contributed by atoms with Crippen LogP contribution in [0.15, 0.2) is 18.2 Å². The summed E-state index contributed by atoms with van der Waals surface area (Å²) in [5, 5.41) is 0. The van der Waals surface area contributed by atoms with Crippen LogP contribution in [0.25, 0.3) is 0 Å². The summed E-state index contributed by atoms with van der Waals surface area (Å²) in [5.41, 5.74) is 5.50. The lowest BCUT2D eigenvalue weighted by Crippen LogP contribution is -2.09. The Labute approximate surface area is 93.7 Å². The monoisotopic (exact) mass is 242 g/mol. The second-order valence-electron chi connectivity index (χ2n) is 3.07. The van der Waals surface area contributed by atoms with Crippen LogP contribution in [0.2, 0.25) is 0 Å². The summed E-state index contributed by atoms with van der Waals surface area (Å²) in [7, 11) is -3.40. The molecule has 0 atom stereocenters. The summed E-state index contributed by atoms with van der Waals surface area (Å²) < 4.78 is 37.3. The number of nitrogens with two attached hydrogens (primary N) is 1. The smallest absolute Gasteiger partial charge is 0.229 e. The summed E-state index contributed by atoms with van der Waals surface area (Å²) in [6.07, 6.45) is 0.993. The maximum Gasteiger partial charge on any atom is 0.229 e. The average molecular weight is 242 g/mol. The van der Waals surface area contributed by atoms with E-state index in [0.717, 1.165) is 12.3 Å². The molecule has 0 unspecified atom stereocenters. The van der Waals surface area contributed by atoms with Crippen LogP contribution in [-0.2, 0) is 10.0 Å². The molecule has 0 saturated carbocycles. The Kier molecular flexibility index (Phi) is 3.88. The molecule has 0 spiro atoms. The second kappa shape index (κ2) is 4.96. The minimum atomic E-state index is -3.40. The molecule has 0 aliphatic carbocycles. The van der Waals surface area contributed by atoms with Gasteiger partial charge in [0.25, 0.3) is 0 Å². The predicted molar refractivity (Wildman–Crippen MR) is 60.8 cm³/mol. The van der Waals surface area contributed by atoms with Crippen LogP contribution in [0.4, 0.5) is 10.1 Å². The lowest BCUT2D eigenvalue weighted by atomic mass is 10.2. The molecule has 1 rings (SSSR count). The van der Waals surface area contributed by atoms with Crippen LogP contribution in [-0.4, -0.2) is 21.2 Å². The Bertz CT molecular complexity index is 544. The lowest BCUT2D eigenvalue weighted by molar-refractivity contribution is 0.606. The molecule has 0 saturated heterocycles. The molecule has 0 aromatic heterocycles. The average Bonchev–Trinajstić information content (AvgIpc) is 2.14. The first-order chi connectivity index (χ1) is 7.42. The van der Waals surface area contributed by atoms with E-state index in [2.05, 4.69) is 16.6 Å². The summed E-state index contributed by atoms with van der Waals surface area (Å²) in [6.45, 7) is 0.142. The molecule has 4 nitrogen and oxygen atoms in total. The van der Waals surface area contributed by atoms with Crippen molar-refractivity contribution in [3.05, 3.63) is 29.6 Å². The van der Waals surface area contributed by atoms with E-state index in [4.69, 9.17) is 5.73 Å². The highest BCUT2D eigenvalue weighted by Gasteiger charge is 2.05. The molecule has 1 aromatic carbocycles. The molecule has 16 heavy (non-hydrogen) atoms. The number of hydrogen-bond acceptors (Lipinski definition) is 3. The van der Waals surface area contributed by atoms with Crippen LogP contribution in [0.1, 0.15) is 5.56 Å². The lowest BCUT2D eigenvalue weighted by Gasteiger charge is -2.04.